The Morgan fingerprint density at radius 3 is 2.11 bits per heavy atom. The SMILES string of the molecule is O=[N+]([O-])c1ccccc1-c1cccc2ccc3c4ccccc4ccc3c12. The normalized spacial score (nSPS) is 11.3. The Morgan fingerprint density at radius 1 is 0.556 bits per heavy atom. The van der Waals surface area contributed by atoms with Gasteiger partial charge in [0.1, 0.15) is 0 Å². The Hall–Kier alpha value is -3.72. The van der Waals surface area contributed by atoms with Crippen molar-refractivity contribution in [2.45, 2.75) is 0 Å². The molecular formula is C24H15NO2. The fourth-order valence-electron chi connectivity index (χ4n) is 3.96. The molecular weight excluding hydrogens is 334 g/mol. The van der Waals surface area contributed by atoms with Crippen molar-refractivity contribution >= 4 is 38.0 Å². The van der Waals surface area contributed by atoms with E-state index in [0.29, 0.717) is 5.56 Å². The molecule has 3 heteroatoms. The summed E-state index contributed by atoms with van der Waals surface area (Å²) >= 11 is 0. The molecule has 5 aromatic rings. The maximum atomic E-state index is 11.6. The number of benzene rings is 5. The summed E-state index contributed by atoms with van der Waals surface area (Å²) in [5.41, 5.74) is 1.66. The van der Waals surface area contributed by atoms with Crippen LogP contribution in [0.2, 0.25) is 0 Å². The third-order valence-corrected chi connectivity index (χ3v) is 5.16. The average molecular weight is 349 g/mol. The predicted octanol–water partition coefficient (Wildman–Crippen LogP) is 6.72. The second-order valence-electron chi connectivity index (χ2n) is 6.63. The first-order chi connectivity index (χ1) is 13.2. The molecule has 0 radical (unpaired) electrons. The minimum atomic E-state index is -0.311. The van der Waals surface area contributed by atoms with Gasteiger partial charge in [0.15, 0.2) is 0 Å². The summed E-state index contributed by atoms with van der Waals surface area (Å²) < 4.78 is 0. The molecule has 128 valence electrons. The van der Waals surface area contributed by atoms with Crippen molar-refractivity contribution in [3.63, 3.8) is 0 Å². The maximum Gasteiger partial charge on any atom is 0.277 e. The third kappa shape index (κ3) is 2.36. The quantitative estimate of drug-likeness (QED) is 0.202. The Bertz CT molecular complexity index is 1360. The van der Waals surface area contributed by atoms with Crippen molar-refractivity contribution in [1.29, 1.82) is 0 Å². The maximum absolute atomic E-state index is 11.6. The third-order valence-electron chi connectivity index (χ3n) is 5.16. The highest BCUT2D eigenvalue weighted by atomic mass is 16.6. The zero-order chi connectivity index (χ0) is 18.4. The van der Waals surface area contributed by atoms with E-state index in [1.165, 1.54) is 10.8 Å². The van der Waals surface area contributed by atoms with E-state index in [1.807, 2.05) is 36.4 Å². The highest BCUT2D eigenvalue weighted by Gasteiger charge is 2.17. The molecule has 0 amide bonds. The molecule has 5 rings (SSSR count). The van der Waals surface area contributed by atoms with Gasteiger partial charge >= 0.3 is 0 Å². The number of para-hydroxylation sites is 1. The zero-order valence-corrected chi connectivity index (χ0v) is 14.4. The van der Waals surface area contributed by atoms with Crippen LogP contribution in [0.25, 0.3) is 43.4 Å². The van der Waals surface area contributed by atoms with Gasteiger partial charge in [-0.25, -0.2) is 0 Å². The topological polar surface area (TPSA) is 43.1 Å². The van der Waals surface area contributed by atoms with Crippen LogP contribution in [-0.2, 0) is 0 Å². The van der Waals surface area contributed by atoms with E-state index < -0.39 is 0 Å². The van der Waals surface area contributed by atoms with Crippen LogP contribution in [0.15, 0.2) is 91.0 Å². The molecule has 3 nitrogen and oxygen atoms in total. The van der Waals surface area contributed by atoms with E-state index in [4.69, 9.17) is 0 Å². The summed E-state index contributed by atoms with van der Waals surface area (Å²) in [4.78, 5) is 11.3. The number of hydrogen-bond donors (Lipinski definition) is 0. The van der Waals surface area contributed by atoms with Gasteiger partial charge < -0.3 is 0 Å². The molecule has 0 spiro atoms. The van der Waals surface area contributed by atoms with Crippen LogP contribution < -0.4 is 0 Å². The highest BCUT2D eigenvalue weighted by molar-refractivity contribution is 6.21. The van der Waals surface area contributed by atoms with Crippen LogP contribution in [0.1, 0.15) is 0 Å². The molecule has 27 heavy (non-hydrogen) atoms. The standard InChI is InChI=1S/C24H15NO2/c26-25(27)23-11-4-3-9-20(23)21-10-5-7-17-13-14-19-18-8-2-1-6-16(18)12-15-22(19)24(17)21/h1-15H. The summed E-state index contributed by atoms with van der Waals surface area (Å²) in [6.07, 6.45) is 0. The molecule has 0 fully saturated rings. The molecule has 0 saturated carbocycles. The summed E-state index contributed by atoms with van der Waals surface area (Å²) in [6.45, 7) is 0. The molecule has 0 atom stereocenters. The Morgan fingerprint density at radius 2 is 1.22 bits per heavy atom. The van der Waals surface area contributed by atoms with Crippen LogP contribution in [0.5, 0.6) is 0 Å². The van der Waals surface area contributed by atoms with E-state index in [1.54, 1.807) is 12.1 Å². The predicted molar refractivity (Wildman–Crippen MR) is 111 cm³/mol. The Kier molecular flexibility index (Phi) is 3.41. The summed E-state index contributed by atoms with van der Waals surface area (Å²) in [5.74, 6) is 0. The van der Waals surface area contributed by atoms with Crippen molar-refractivity contribution in [2.75, 3.05) is 0 Å². The van der Waals surface area contributed by atoms with Crippen LogP contribution in [0.4, 0.5) is 5.69 Å². The summed E-state index contributed by atoms with van der Waals surface area (Å²) in [7, 11) is 0. The molecule has 0 aliphatic rings. The first kappa shape index (κ1) is 15.5. The number of nitrogens with zero attached hydrogens (tertiary/aromatic N) is 1. The van der Waals surface area contributed by atoms with Gasteiger partial charge in [0.2, 0.25) is 0 Å². The number of nitro groups is 1. The van der Waals surface area contributed by atoms with Gasteiger partial charge in [-0.15, -0.1) is 0 Å². The lowest BCUT2D eigenvalue weighted by atomic mass is 9.91. The lowest BCUT2D eigenvalue weighted by Crippen LogP contribution is -1.92. The highest BCUT2D eigenvalue weighted by Crippen LogP contribution is 2.39. The number of rotatable bonds is 2. The number of fused-ring (bicyclic) bond motifs is 5. The smallest absolute Gasteiger partial charge is 0.258 e. The molecule has 0 saturated heterocycles. The van der Waals surface area contributed by atoms with Gasteiger partial charge in [0.25, 0.3) is 5.69 Å². The van der Waals surface area contributed by atoms with E-state index in [9.17, 15) is 10.1 Å². The first-order valence-electron chi connectivity index (χ1n) is 8.81. The molecule has 0 N–H and O–H groups in total. The van der Waals surface area contributed by atoms with Crippen molar-refractivity contribution in [3.05, 3.63) is 101 Å². The Balaban J connectivity index is 1.96. The van der Waals surface area contributed by atoms with Crippen LogP contribution in [-0.4, -0.2) is 4.92 Å². The summed E-state index contributed by atoms with van der Waals surface area (Å²) in [6, 6.07) is 29.7. The fourth-order valence-corrected chi connectivity index (χ4v) is 3.96. The molecule has 5 aromatic carbocycles. The van der Waals surface area contributed by atoms with Gasteiger partial charge in [-0.1, -0.05) is 78.9 Å². The second-order valence-corrected chi connectivity index (χ2v) is 6.63. The molecule has 0 aliphatic carbocycles. The van der Waals surface area contributed by atoms with Gasteiger partial charge in [0, 0.05) is 6.07 Å². The summed E-state index contributed by atoms with van der Waals surface area (Å²) in [5, 5.41) is 18.3. The zero-order valence-electron chi connectivity index (χ0n) is 14.4. The molecule has 0 aromatic heterocycles. The largest absolute Gasteiger partial charge is 0.277 e. The van der Waals surface area contributed by atoms with Crippen molar-refractivity contribution in [3.8, 4) is 11.1 Å². The Labute approximate surface area is 155 Å². The van der Waals surface area contributed by atoms with Crippen molar-refractivity contribution < 1.29 is 4.92 Å². The molecule has 0 bridgehead atoms. The van der Waals surface area contributed by atoms with Gasteiger partial charge in [-0.2, -0.15) is 0 Å². The number of nitro benzene ring substituents is 1. The van der Waals surface area contributed by atoms with Crippen molar-refractivity contribution in [1.82, 2.24) is 0 Å². The van der Waals surface area contributed by atoms with Crippen LogP contribution >= 0.6 is 0 Å². The van der Waals surface area contributed by atoms with Crippen LogP contribution in [0, 0.1) is 10.1 Å². The van der Waals surface area contributed by atoms with E-state index in [0.717, 1.165) is 27.1 Å². The molecule has 0 unspecified atom stereocenters. The second kappa shape index (κ2) is 5.92. The van der Waals surface area contributed by atoms with E-state index >= 15 is 0 Å². The first-order valence-corrected chi connectivity index (χ1v) is 8.81. The average Bonchev–Trinajstić information content (AvgIpc) is 2.72. The van der Waals surface area contributed by atoms with E-state index in [2.05, 4.69) is 42.5 Å². The van der Waals surface area contributed by atoms with Gasteiger partial charge in [-0.3, -0.25) is 10.1 Å². The lowest BCUT2D eigenvalue weighted by molar-refractivity contribution is -0.384. The van der Waals surface area contributed by atoms with E-state index in [-0.39, 0.29) is 10.6 Å². The van der Waals surface area contributed by atoms with Crippen molar-refractivity contribution in [2.24, 2.45) is 0 Å². The lowest BCUT2D eigenvalue weighted by Gasteiger charge is -2.12. The monoisotopic (exact) mass is 349 g/mol. The minimum absolute atomic E-state index is 0.128. The van der Waals surface area contributed by atoms with Crippen LogP contribution in [0.3, 0.4) is 0 Å². The number of hydrogen-bond acceptors (Lipinski definition) is 2. The van der Waals surface area contributed by atoms with Gasteiger partial charge in [-0.05, 0) is 43.9 Å². The van der Waals surface area contributed by atoms with Gasteiger partial charge in [0.05, 0.1) is 10.5 Å². The fraction of sp³-hybridized carbons (Fsp3) is 0. The molecule has 0 heterocycles. The minimum Gasteiger partial charge on any atom is -0.258 e. The molecule has 0 aliphatic heterocycles.